The Hall–Kier alpha value is -1.07. The lowest BCUT2D eigenvalue weighted by Crippen LogP contribution is -2.30. The van der Waals surface area contributed by atoms with E-state index in [-0.39, 0.29) is 0 Å². The standard InChI is InChI=1S/C12H22N4O/c1-9-11(7-13)12(16(3)14-9)15(2)8-10-5-4-6-17-10/h10H,4-8,13H2,1-3H3. The number of anilines is 1. The first-order chi connectivity index (χ1) is 8.13. The van der Waals surface area contributed by atoms with E-state index in [2.05, 4.69) is 17.0 Å². The molecule has 0 amide bonds. The molecule has 0 aliphatic carbocycles. The Balaban J connectivity index is 2.14. The molecule has 1 aliphatic rings. The summed E-state index contributed by atoms with van der Waals surface area (Å²) in [6, 6.07) is 0. The van der Waals surface area contributed by atoms with Crippen LogP contribution in [-0.4, -0.2) is 36.1 Å². The van der Waals surface area contributed by atoms with Gasteiger partial charge in [-0.2, -0.15) is 5.10 Å². The zero-order valence-corrected chi connectivity index (χ0v) is 10.9. The van der Waals surface area contributed by atoms with Crippen molar-refractivity contribution in [3.8, 4) is 0 Å². The fourth-order valence-corrected chi connectivity index (χ4v) is 2.59. The molecule has 2 rings (SSSR count). The number of nitrogens with zero attached hydrogens (tertiary/aromatic N) is 3. The monoisotopic (exact) mass is 238 g/mol. The summed E-state index contributed by atoms with van der Waals surface area (Å²) in [5.74, 6) is 1.11. The van der Waals surface area contributed by atoms with E-state index in [1.54, 1.807) is 0 Å². The fraction of sp³-hybridized carbons (Fsp3) is 0.750. The van der Waals surface area contributed by atoms with E-state index >= 15 is 0 Å². The first-order valence-corrected chi connectivity index (χ1v) is 6.18. The largest absolute Gasteiger partial charge is 0.376 e. The van der Waals surface area contributed by atoms with Gasteiger partial charge in [-0.25, -0.2) is 0 Å². The van der Waals surface area contributed by atoms with Gasteiger partial charge >= 0.3 is 0 Å². The van der Waals surface area contributed by atoms with Gasteiger partial charge < -0.3 is 15.4 Å². The van der Waals surface area contributed by atoms with Gasteiger partial charge in [-0.15, -0.1) is 0 Å². The normalized spacial score (nSPS) is 19.9. The van der Waals surface area contributed by atoms with Crippen LogP contribution >= 0.6 is 0 Å². The van der Waals surface area contributed by atoms with Crippen molar-refractivity contribution >= 4 is 5.82 Å². The molecule has 2 heterocycles. The van der Waals surface area contributed by atoms with Gasteiger partial charge in [0.2, 0.25) is 0 Å². The molecule has 1 unspecified atom stereocenters. The van der Waals surface area contributed by atoms with Crippen LogP contribution in [-0.2, 0) is 18.3 Å². The van der Waals surface area contributed by atoms with Crippen LogP contribution in [0.1, 0.15) is 24.1 Å². The highest BCUT2D eigenvalue weighted by atomic mass is 16.5. The Labute approximate surface area is 103 Å². The zero-order chi connectivity index (χ0) is 12.4. The Morgan fingerprint density at radius 3 is 2.94 bits per heavy atom. The molecule has 0 spiro atoms. The summed E-state index contributed by atoms with van der Waals surface area (Å²) in [5, 5.41) is 4.43. The van der Waals surface area contributed by atoms with E-state index in [0.29, 0.717) is 12.6 Å². The fourth-order valence-electron chi connectivity index (χ4n) is 2.59. The molecule has 1 aromatic heterocycles. The number of rotatable bonds is 4. The van der Waals surface area contributed by atoms with Gasteiger partial charge in [0.05, 0.1) is 11.8 Å². The SMILES string of the molecule is Cc1nn(C)c(N(C)CC2CCCO2)c1CN. The topological polar surface area (TPSA) is 56.3 Å². The summed E-state index contributed by atoms with van der Waals surface area (Å²) < 4.78 is 7.57. The van der Waals surface area contributed by atoms with Gasteiger partial charge in [-0.1, -0.05) is 0 Å². The van der Waals surface area contributed by atoms with Crippen molar-refractivity contribution in [2.45, 2.75) is 32.4 Å². The maximum Gasteiger partial charge on any atom is 0.131 e. The molecule has 1 atom stereocenters. The van der Waals surface area contributed by atoms with Crippen molar-refractivity contribution in [2.24, 2.45) is 12.8 Å². The van der Waals surface area contributed by atoms with Gasteiger partial charge in [0.1, 0.15) is 5.82 Å². The van der Waals surface area contributed by atoms with Gasteiger partial charge in [0.25, 0.3) is 0 Å². The highest BCUT2D eigenvalue weighted by Gasteiger charge is 2.21. The number of nitrogens with two attached hydrogens (primary N) is 1. The molecule has 2 N–H and O–H groups in total. The molecule has 5 nitrogen and oxygen atoms in total. The lowest BCUT2D eigenvalue weighted by Gasteiger charge is -2.23. The van der Waals surface area contributed by atoms with Crippen molar-refractivity contribution in [3.63, 3.8) is 0 Å². The van der Waals surface area contributed by atoms with Gasteiger partial charge in [-0.3, -0.25) is 4.68 Å². The van der Waals surface area contributed by atoms with Crippen LogP contribution in [0.5, 0.6) is 0 Å². The number of aromatic nitrogens is 2. The molecule has 0 saturated carbocycles. The van der Waals surface area contributed by atoms with Gasteiger partial charge in [0.15, 0.2) is 0 Å². The van der Waals surface area contributed by atoms with Gasteiger partial charge in [-0.05, 0) is 19.8 Å². The molecule has 17 heavy (non-hydrogen) atoms. The van der Waals surface area contributed by atoms with E-state index in [1.165, 1.54) is 6.42 Å². The summed E-state index contributed by atoms with van der Waals surface area (Å²) in [7, 11) is 4.05. The first-order valence-electron chi connectivity index (χ1n) is 6.18. The lowest BCUT2D eigenvalue weighted by molar-refractivity contribution is 0.116. The second-order valence-electron chi connectivity index (χ2n) is 4.73. The molecule has 1 fully saturated rings. The maximum absolute atomic E-state index is 5.80. The number of aryl methyl sites for hydroxylation is 2. The molecular weight excluding hydrogens is 216 g/mol. The van der Waals surface area contributed by atoms with Gasteiger partial charge in [0, 0.05) is 39.4 Å². The summed E-state index contributed by atoms with van der Waals surface area (Å²) in [6.07, 6.45) is 2.67. The minimum atomic E-state index is 0.348. The average Bonchev–Trinajstić information content (AvgIpc) is 2.85. The van der Waals surface area contributed by atoms with E-state index < -0.39 is 0 Å². The highest BCUT2D eigenvalue weighted by Crippen LogP contribution is 2.23. The number of likely N-dealkylation sites (N-methyl/N-ethyl adjacent to an activating group) is 1. The van der Waals surface area contributed by atoms with Crippen LogP contribution in [0.3, 0.4) is 0 Å². The Kier molecular flexibility index (Phi) is 3.69. The lowest BCUT2D eigenvalue weighted by atomic mass is 10.2. The molecule has 0 radical (unpaired) electrons. The third-order valence-electron chi connectivity index (χ3n) is 3.38. The quantitative estimate of drug-likeness (QED) is 0.843. The van der Waals surface area contributed by atoms with Crippen molar-refractivity contribution in [3.05, 3.63) is 11.3 Å². The minimum absolute atomic E-state index is 0.348. The van der Waals surface area contributed by atoms with Crippen LogP contribution in [0.2, 0.25) is 0 Å². The molecule has 0 bridgehead atoms. The molecule has 1 saturated heterocycles. The first kappa shape index (κ1) is 12.4. The third kappa shape index (κ3) is 2.45. The van der Waals surface area contributed by atoms with Crippen LogP contribution in [0, 0.1) is 6.92 Å². The Morgan fingerprint density at radius 1 is 1.59 bits per heavy atom. The van der Waals surface area contributed by atoms with Crippen LogP contribution in [0.4, 0.5) is 5.82 Å². The summed E-state index contributed by atoms with van der Waals surface area (Å²) in [4.78, 5) is 2.21. The van der Waals surface area contributed by atoms with E-state index in [9.17, 15) is 0 Å². The summed E-state index contributed by atoms with van der Waals surface area (Å²) >= 11 is 0. The molecule has 1 aliphatic heterocycles. The van der Waals surface area contributed by atoms with E-state index in [1.807, 2.05) is 18.7 Å². The second kappa shape index (κ2) is 5.06. The Morgan fingerprint density at radius 2 is 2.35 bits per heavy atom. The van der Waals surface area contributed by atoms with Crippen molar-refractivity contribution < 1.29 is 4.74 Å². The smallest absolute Gasteiger partial charge is 0.131 e. The maximum atomic E-state index is 5.80. The average molecular weight is 238 g/mol. The van der Waals surface area contributed by atoms with E-state index in [4.69, 9.17) is 10.5 Å². The molecule has 1 aromatic rings. The van der Waals surface area contributed by atoms with Crippen LogP contribution in [0.25, 0.3) is 0 Å². The number of ether oxygens (including phenoxy) is 1. The van der Waals surface area contributed by atoms with E-state index in [0.717, 1.165) is 36.6 Å². The number of hydrogen-bond acceptors (Lipinski definition) is 4. The zero-order valence-electron chi connectivity index (χ0n) is 10.9. The molecule has 96 valence electrons. The van der Waals surface area contributed by atoms with Crippen molar-refractivity contribution in [1.29, 1.82) is 0 Å². The van der Waals surface area contributed by atoms with Crippen molar-refractivity contribution in [2.75, 3.05) is 25.1 Å². The third-order valence-corrected chi connectivity index (χ3v) is 3.38. The number of hydrogen-bond donors (Lipinski definition) is 1. The molecule has 5 heteroatoms. The predicted molar refractivity (Wildman–Crippen MR) is 68.1 cm³/mol. The minimum Gasteiger partial charge on any atom is -0.376 e. The highest BCUT2D eigenvalue weighted by molar-refractivity contribution is 5.49. The Bertz CT molecular complexity index is 382. The second-order valence-corrected chi connectivity index (χ2v) is 4.73. The van der Waals surface area contributed by atoms with Crippen molar-refractivity contribution in [1.82, 2.24) is 9.78 Å². The van der Waals surface area contributed by atoms with Crippen LogP contribution in [0.15, 0.2) is 0 Å². The predicted octanol–water partition coefficient (Wildman–Crippen LogP) is 0.802. The molecule has 0 aromatic carbocycles. The molecular formula is C12H22N4O. The summed E-state index contributed by atoms with van der Waals surface area (Å²) in [6.45, 7) is 4.34. The van der Waals surface area contributed by atoms with Crippen LogP contribution < -0.4 is 10.6 Å². The summed E-state index contributed by atoms with van der Waals surface area (Å²) in [5.41, 5.74) is 7.95.